The summed E-state index contributed by atoms with van der Waals surface area (Å²) >= 11 is 0. The van der Waals surface area contributed by atoms with Gasteiger partial charge in [-0.25, -0.2) is 13.8 Å². The third-order valence-corrected chi connectivity index (χ3v) is 5.07. The van der Waals surface area contributed by atoms with E-state index >= 15 is 0 Å². The number of carbonyl (C=O) groups excluding carboxylic acids is 2. The maximum absolute atomic E-state index is 13.0. The minimum Gasteiger partial charge on any atom is -0.471 e. The minimum absolute atomic E-state index is 0.00944. The lowest BCUT2D eigenvalue weighted by molar-refractivity contribution is -0.120. The van der Waals surface area contributed by atoms with E-state index in [-0.39, 0.29) is 49.9 Å². The van der Waals surface area contributed by atoms with Crippen molar-refractivity contribution in [2.75, 3.05) is 19.8 Å². The van der Waals surface area contributed by atoms with Gasteiger partial charge in [0.05, 0.1) is 24.8 Å². The number of nitrogens with zero attached hydrogens (tertiary/aromatic N) is 3. The number of nitrogens with one attached hydrogen (secondary N) is 1. The minimum atomic E-state index is -2.59. The molecule has 3 rings (SSSR count). The number of aliphatic hydroxyl groups is 1. The highest BCUT2D eigenvalue weighted by molar-refractivity contribution is 5.99. The molecule has 2 aromatic heterocycles. The van der Waals surface area contributed by atoms with Gasteiger partial charge in [-0.1, -0.05) is 0 Å². The zero-order valence-corrected chi connectivity index (χ0v) is 17.3. The predicted octanol–water partition coefficient (Wildman–Crippen LogP) is 1.80. The molecule has 1 aliphatic rings. The molecule has 0 saturated carbocycles. The van der Waals surface area contributed by atoms with Gasteiger partial charge in [-0.05, 0) is 31.5 Å². The van der Waals surface area contributed by atoms with E-state index in [1.54, 1.807) is 24.0 Å². The lowest BCUT2D eigenvalue weighted by Gasteiger charge is -2.25. The number of aromatic nitrogens is 2. The summed E-state index contributed by atoms with van der Waals surface area (Å²) in [7, 11) is 0. The second kappa shape index (κ2) is 9.78. The van der Waals surface area contributed by atoms with E-state index in [2.05, 4.69) is 15.3 Å². The van der Waals surface area contributed by atoms with Crippen molar-refractivity contribution in [2.24, 2.45) is 0 Å². The van der Waals surface area contributed by atoms with Gasteiger partial charge in [0, 0.05) is 42.2 Å². The third kappa shape index (κ3) is 5.13. The van der Waals surface area contributed by atoms with Gasteiger partial charge in [0.1, 0.15) is 0 Å². The van der Waals surface area contributed by atoms with E-state index in [9.17, 15) is 18.4 Å². The fourth-order valence-electron chi connectivity index (χ4n) is 3.47. The van der Waals surface area contributed by atoms with Crippen LogP contribution in [0, 0.1) is 6.92 Å². The van der Waals surface area contributed by atoms with Gasteiger partial charge in [0.25, 0.3) is 12.3 Å². The molecule has 0 fully saturated rings. The van der Waals surface area contributed by atoms with E-state index in [0.29, 0.717) is 22.4 Å². The Morgan fingerprint density at radius 2 is 2.16 bits per heavy atom. The van der Waals surface area contributed by atoms with E-state index in [1.807, 2.05) is 6.92 Å². The van der Waals surface area contributed by atoms with Crippen molar-refractivity contribution >= 4 is 11.8 Å². The summed E-state index contributed by atoms with van der Waals surface area (Å²) in [5.41, 5.74) is 3.03. The Kier molecular flexibility index (Phi) is 7.11. The molecular weight excluding hydrogens is 410 g/mol. The van der Waals surface area contributed by atoms with Crippen molar-refractivity contribution in [3.63, 3.8) is 0 Å². The molecule has 0 spiro atoms. The van der Waals surface area contributed by atoms with Gasteiger partial charge in [0.2, 0.25) is 11.8 Å². The Labute approximate surface area is 178 Å². The zero-order valence-electron chi connectivity index (χ0n) is 17.3. The molecule has 0 radical (unpaired) electrons. The molecule has 10 heteroatoms. The van der Waals surface area contributed by atoms with Gasteiger partial charge in [-0.15, -0.1) is 0 Å². The smallest absolute Gasteiger partial charge is 0.272 e. The summed E-state index contributed by atoms with van der Waals surface area (Å²) in [6.45, 7) is 3.10. The molecule has 1 atom stereocenters. The standard InChI is InChI=1S/C21H24F2N4O4/c1-12-7-14(9-26-20(12)31-11-18(22)23)13(2)27-10-16-15(21(27)30)3-4-24-17(16)8-19(29)25-5-6-28/h3-4,7,9,13,18,28H,5-6,8,10-11H2,1-2H3,(H,25,29). The van der Waals surface area contributed by atoms with Crippen LogP contribution >= 0.6 is 0 Å². The van der Waals surface area contributed by atoms with E-state index in [4.69, 9.17) is 9.84 Å². The SMILES string of the molecule is Cc1cc(C(C)N2Cc3c(ccnc3CC(=O)NCCO)C2=O)cnc1OCC(F)F. The molecule has 2 N–H and O–H groups in total. The molecule has 0 saturated heterocycles. The predicted molar refractivity (Wildman–Crippen MR) is 107 cm³/mol. The summed E-state index contributed by atoms with van der Waals surface area (Å²) in [5.74, 6) is -0.335. The topological polar surface area (TPSA) is 105 Å². The summed E-state index contributed by atoms with van der Waals surface area (Å²) < 4.78 is 29.8. The number of hydrogen-bond donors (Lipinski definition) is 2. The summed E-state index contributed by atoms with van der Waals surface area (Å²) in [6.07, 6.45) is 0.431. The summed E-state index contributed by atoms with van der Waals surface area (Å²) in [4.78, 5) is 35.1. The fourth-order valence-corrected chi connectivity index (χ4v) is 3.47. The highest BCUT2D eigenvalue weighted by atomic mass is 19.3. The highest BCUT2D eigenvalue weighted by Crippen LogP contribution is 2.33. The number of aryl methyl sites for hydroxylation is 1. The van der Waals surface area contributed by atoms with Crippen LogP contribution in [0.3, 0.4) is 0 Å². The number of pyridine rings is 2. The Morgan fingerprint density at radius 1 is 1.39 bits per heavy atom. The van der Waals surface area contributed by atoms with E-state index in [0.717, 1.165) is 5.56 Å². The van der Waals surface area contributed by atoms with Crippen LogP contribution in [-0.4, -0.2) is 58.0 Å². The number of fused-ring (bicyclic) bond motifs is 1. The van der Waals surface area contributed by atoms with Crippen LogP contribution in [0.4, 0.5) is 8.78 Å². The maximum Gasteiger partial charge on any atom is 0.272 e. The van der Waals surface area contributed by atoms with Crippen LogP contribution in [0.2, 0.25) is 0 Å². The third-order valence-electron chi connectivity index (χ3n) is 5.07. The number of rotatable bonds is 9. The first kappa shape index (κ1) is 22.5. The molecule has 2 amide bonds. The first-order chi connectivity index (χ1) is 14.8. The molecular formula is C21H24F2N4O4. The van der Waals surface area contributed by atoms with Gasteiger partial charge >= 0.3 is 0 Å². The molecule has 166 valence electrons. The Morgan fingerprint density at radius 3 is 2.84 bits per heavy atom. The lowest BCUT2D eigenvalue weighted by Crippen LogP contribution is -2.29. The van der Waals surface area contributed by atoms with Crippen molar-refractivity contribution < 1.29 is 28.2 Å². The van der Waals surface area contributed by atoms with Crippen LogP contribution in [0.15, 0.2) is 24.5 Å². The monoisotopic (exact) mass is 434 g/mol. The number of hydrogen-bond acceptors (Lipinski definition) is 6. The largest absolute Gasteiger partial charge is 0.471 e. The zero-order chi connectivity index (χ0) is 22.5. The number of amides is 2. The summed E-state index contributed by atoms with van der Waals surface area (Å²) in [6, 6.07) is 3.05. The van der Waals surface area contributed by atoms with Crippen LogP contribution in [-0.2, 0) is 17.8 Å². The molecule has 1 unspecified atom stereocenters. The van der Waals surface area contributed by atoms with Crippen molar-refractivity contribution in [2.45, 2.75) is 39.3 Å². The average Bonchev–Trinajstić information content (AvgIpc) is 3.08. The van der Waals surface area contributed by atoms with Gasteiger partial charge in [-0.2, -0.15) is 0 Å². The van der Waals surface area contributed by atoms with Gasteiger partial charge in [-0.3, -0.25) is 14.6 Å². The molecule has 3 heterocycles. The molecule has 0 aliphatic carbocycles. The molecule has 31 heavy (non-hydrogen) atoms. The normalized spacial score (nSPS) is 14.0. The van der Waals surface area contributed by atoms with Crippen molar-refractivity contribution in [1.82, 2.24) is 20.2 Å². The summed E-state index contributed by atoms with van der Waals surface area (Å²) in [5, 5.41) is 11.4. The number of alkyl halides is 2. The second-order valence-electron chi connectivity index (χ2n) is 7.24. The van der Waals surface area contributed by atoms with Crippen LogP contribution in [0.25, 0.3) is 0 Å². The van der Waals surface area contributed by atoms with Crippen LogP contribution < -0.4 is 10.1 Å². The number of aliphatic hydroxyl groups excluding tert-OH is 1. The molecule has 1 aliphatic heterocycles. The van der Waals surface area contributed by atoms with Crippen LogP contribution in [0.1, 0.15) is 45.7 Å². The lowest BCUT2D eigenvalue weighted by atomic mass is 10.1. The molecule has 0 bridgehead atoms. The first-order valence-electron chi connectivity index (χ1n) is 9.84. The van der Waals surface area contributed by atoms with Crippen molar-refractivity contribution in [1.29, 1.82) is 0 Å². The number of carbonyl (C=O) groups is 2. The Hall–Kier alpha value is -3.14. The number of ether oxygens (including phenoxy) is 1. The Balaban J connectivity index is 1.76. The number of halogens is 2. The highest BCUT2D eigenvalue weighted by Gasteiger charge is 2.34. The van der Waals surface area contributed by atoms with Crippen LogP contribution in [0.5, 0.6) is 5.88 Å². The van der Waals surface area contributed by atoms with Gasteiger partial charge < -0.3 is 20.1 Å². The average molecular weight is 434 g/mol. The first-order valence-corrected chi connectivity index (χ1v) is 9.84. The van der Waals surface area contributed by atoms with E-state index in [1.165, 1.54) is 12.4 Å². The molecule has 2 aromatic rings. The maximum atomic E-state index is 13.0. The fraction of sp³-hybridized carbons (Fsp3) is 0.429. The molecule has 0 aromatic carbocycles. The van der Waals surface area contributed by atoms with E-state index < -0.39 is 13.0 Å². The molecule has 8 nitrogen and oxygen atoms in total. The second-order valence-corrected chi connectivity index (χ2v) is 7.24. The quantitative estimate of drug-likeness (QED) is 0.624. The van der Waals surface area contributed by atoms with Crippen molar-refractivity contribution in [3.8, 4) is 5.88 Å². The van der Waals surface area contributed by atoms with Crippen molar-refractivity contribution in [3.05, 3.63) is 52.5 Å². The Bertz CT molecular complexity index is 970. The van der Waals surface area contributed by atoms with Gasteiger partial charge in [0.15, 0.2) is 6.61 Å².